The quantitative estimate of drug-likeness (QED) is 0.0222. The molecule has 0 aromatic carbocycles. The van der Waals surface area contributed by atoms with E-state index in [1.165, 1.54) is 225 Å². The zero-order valence-corrected chi connectivity index (χ0v) is 65.2. The Balaban J connectivity index is 5.19. The van der Waals surface area contributed by atoms with Crippen molar-refractivity contribution in [1.29, 1.82) is 0 Å². The lowest BCUT2D eigenvalue weighted by Gasteiger charge is -2.21. The van der Waals surface area contributed by atoms with Crippen LogP contribution in [-0.2, 0) is 65.4 Å². The molecule has 0 radical (unpaired) electrons. The lowest BCUT2D eigenvalue weighted by Crippen LogP contribution is -2.30. The average Bonchev–Trinajstić information content (AvgIpc) is 1.99. The van der Waals surface area contributed by atoms with Crippen molar-refractivity contribution >= 4 is 39.5 Å². The Morgan fingerprint density at radius 3 is 0.784 bits per heavy atom. The summed E-state index contributed by atoms with van der Waals surface area (Å²) in [6.45, 7) is 9.58. The van der Waals surface area contributed by atoms with Gasteiger partial charge in [0.1, 0.15) is 19.3 Å². The molecule has 3 N–H and O–H groups in total. The molecule has 0 spiro atoms. The van der Waals surface area contributed by atoms with E-state index in [-0.39, 0.29) is 25.7 Å². The lowest BCUT2D eigenvalue weighted by molar-refractivity contribution is -0.161. The van der Waals surface area contributed by atoms with Gasteiger partial charge in [0, 0.05) is 25.7 Å². The molecule has 0 amide bonds. The Bertz CT molecular complexity index is 1870. The third-order valence-corrected chi connectivity index (χ3v) is 20.5. The summed E-state index contributed by atoms with van der Waals surface area (Å²) in [5, 5.41) is 10.6. The van der Waals surface area contributed by atoms with Crippen molar-refractivity contribution in [2.75, 3.05) is 39.6 Å². The van der Waals surface area contributed by atoms with Crippen LogP contribution in [0.2, 0.25) is 0 Å². The minimum Gasteiger partial charge on any atom is -0.462 e. The molecule has 17 nitrogen and oxygen atoms in total. The molecule has 0 aromatic rings. The average molecular weight is 1420 g/mol. The maximum atomic E-state index is 13.1. The third kappa shape index (κ3) is 70.9. The van der Waals surface area contributed by atoms with E-state index in [0.717, 1.165) is 95.8 Å². The summed E-state index contributed by atoms with van der Waals surface area (Å²) in [6.07, 6.45) is 58.5. The van der Waals surface area contributed by atoms with Crippen LogP contribution in [-0.4, -0.2) is 96.7 Å². The molecule has 0 saturated carbocycles. The predicted molar refractivity (Wildman–Crippen MR) is 395 cm³/mol. The molecule has 0 saturated heterocycles. The highest BCUT2D eigenvalue weighted by Gasteiger charge is 2.30. The van der Waals surface area contributed by atoms with Crippen molar-refractivity contribution in [1.82, 2.24) is 0 Å². The lowest BCUT2D eigenvalue weighted by atomic mass is 9.99. The van der Waals surface area contributed by atoms with E-state index in [1.54, 1.807) is 0 Å². The Hall–Kier alpha value is -1.94. The van der Waals surface area contributed by atoms with E-state index in [2.05, 4.69) is 41.5 Å². The summed E-state index contributed by atoms with van der Waals surface area (Å²) in [7, 11) is -9.91. The van der Waals surface area contributed by atoms with Gasteiger partial charge in [0.2, 0.25) is 0 Å². The largest absolute Gasteiger partial charge is 0.472 e. The molecule has 0 aliphatic carbocycles. The van der Waals surface area contributed by atoms with Gasteiger partial charge in [-0.1, -0.05) is 356 Å². The summed E-state index contributed by atoms with van der Waals surface area (Å²) >= 11 is 0. The Morgan fingerprint density at radius 1 is 0.299 bits per heavy atom. The summed E-state index contributed by atoms with van der Waals surface area (Å²) in [5.74, 6) is -0.571. The zero-order valence-electron chi connectivity index (χ0n) is 63.4. The normalized spacial score (nSPS) is 14.2. The van der Waals surface area contributed by atoms with Gasteiger partial charge in [-0.2, -0.15) is 0 Å². The van der Waals surface area contributed by atoms with Gasteiger partial charge < -0.3 is 33.8 Å². The van der Waals surface area contributed by atoms with Crippen LogP contribution in [0.5, 0.6) is 0 Å². The Morgan fingerprint density at radius 2 is 0.526 bits per heavy atom. The fourth-order valence-electron chi connectivity index (χ4n) is 12.0. The van der Waals surface area contributed by atoms with Crippen LogP contribution in [0.15, 0.2) is 0 Å². The van der Waals surface area contributed by atoms with E-state index < -0.39 is 97.5 Å². The zero-order chi connectivity index (χ0) is 71.4. The SMILES string of the molecule is CCCCCCCCCCCCCCCCCCCCCCC(=O)O[C@H](COC(=O)CCCCCCCCCCCCCCCCC(C)CC)COP(=O)(O)OC[C@@H](O)COP(=O)(O)OC[C@@H](COC(=O)CCCCCCCCCCC)OC(=O)CCCCCCCCCC(C)C. The molecule has 0 rings (SSSR count). The summed E-state index contributed by atoms with van der Waals surface area (Å²) < 4.78 is 68.5. The number of phosphoric acid groups is 2. The van der Waals surface area contributed by atoms with Crippen molar-refractivity contribution in [2.45, 2.75) is 426 Å². The molecule has 0 aliphatic rings. The van der Waals surface area contributed by atoms with Crippen LogP contribution in [0.1, 0.15) is 408 Å². The van der Waals surface area contributed by atoms with Gasteiger partial charge in [-0.15, -0.1) is 0 Å². The second kappa shape index (κ2) is 69.8. The molecule has 576 valence electrons. The van der Waals surface area contributed by atoms with Crippen LogP contribution >= 0.6 is 15.6 Å². The first-order valence-electron chi connectivity index (χ1n) is 40.5. The van der Waals surface area contributed by atoms with Crippen LogP contribution in [0.25, 0.3) is 0 Å². The van der Waals surface area contributed by atoms with E-state index in [1.807, 2.05) is 0 Å². The number of carbonyl (C=O) groups is 4. The van der Waals surface area contributed by atoms with Crippen LogP contribution in [0.4, 0.5) is 0 Å². The molecule has 19 heteroatoms. The van der Waals surface area contributed by atoms with Gasteiger partial charge in [-0.05, 0) is 37.5 Å². The molecule has 97 heavy (non-hydrogen) atoms. The number of unbranched alkanes of at least 4 members (excludes halogenated alkanes) is 46. The van der Waals surface area contributed by atoms with Gasteiger partial charge in [0.05, 0.1) is 26.4 Å². The number of hydrogen-bond donors (Lipinski definition) is 3. The molecule has 0 aromatic heterocycles. The summed E-state index contributed by atoms with van der Waals surface area (Å²) in [4.78, 5) is 72.8. The third-order valence-electron chi connectivity index (χ3n) is 18.6. The molecule has 6 atom stereocenters. The van der Waals surface area contributed by atoms with E-state index in [4.69, 9.17) is 37.0 Å². The fourth-order valence-corrected chi connectivity index (χ4v) is 13.6. The van der Waals surface area contributed by atoms with E-state index >= 15 is 0 Å². The number of hydrogen-bond acceptors (Lipinski definition) is 15. The number of phosphoric ester groups is 2. The van der Waals surface area contributed by atoms with Crippen LogP contribution in [0.3, 0.4) is 0 Å². The van der Waals surface area contributed by atoms with Crippen molar-refractivity contribution in [3.05, 3.63) is 0 Å². The van der Waals surface area contributed by atoms with Crippen molar-refractivity contribution < 1.29 is 80.2 Å². The maximum absolute atomic E-state index is 13.1. The predicted octanol–water partition coefficient (Wildman–Crippen LogP) is 23.1. The summed E-state index contributed by atoms with van der Waals surface area (Å²) in [5.41, 5.74) is 0. The number of esters is 4. The molecule has 0 fully saturated rings. The minimum absolute atomic E-state index is 0.104. The smallest absolute Gasteiger partial charge is 0.462 e. The molecule has 0 bridgehead atoms. The highest BCUT2D eigenvalue weighted by Crippen LogP contribution is 2.45. The molecular formula is C78H152O17P2. The monoisotopic (exact) mass is 1420 g/mol. The number of ether oxygens (including phenoxy) is 4. The van der Waals surface area contributed by atoms with Gasteiger partial charge in [0.15, 0.2) is 12.2 Å². The molecule has 0 heterocycles. The molecule has 3 unspecified atom stereocenters. The van der Waals surface area contributed by atoms with Gasteiger partial charge in [0.25, 0.3) is 0 Å². The van der Waals surface area contributed by atoms with Crippen LogP contribution in [0, 0.1) is 11.8 Å². The number of aliphatic hydroxyl groups excluding tert-OH is 1. The van der Waals surface area contributed by atoms with Crippen LogP contribution < -0.4 is 0 Å². The highest BCUT2D eigenvalue weighted by molar-refractivity contribution is 7.47. The van der Waals surface area contributed by atoms with Crippen molar-refractivity contribution in [3.63, 3.8) is 0 Å². The fraction of sp³-hybridized carbons (Fsp3) is 0.949. The standard InChI is InChI=1S/C78H152O17P2/c1-7-10-12-14-16-18-19-20-21-22-23-24-25-26-31-34-38-44-50-56-62-77(82)94-73(66-89-76(81)61-55-49-43-37-33-30-28-27-29-32-36-41-47-53-59-71(6)9-3)68-92-96(84,85)90-64-72(79)65-91-97(86,87)93-69-74(67-88-75(80)60-54-48-42-35-17-15-13-11-8-2)95-78(83)63-57-51-45-39-40-46-52-58-70(4)5/h70-74,79H,7-69H2,1-6H3,(H,84,85)(H,86,87)/t71?,72-,73-,74-/m1/s1. The molecular weight excluding hydrogens is 1270 g/mol. The van der Waals surface area contributed by atoms with Gasteiger partial charge in [-0.3, -0.25) is 37.3 Å². The Labute approximate surface area is 594 Å². The second-order valence-corrected chi connectivity index (χ2v) is 31.7. The van der Waals surface area contributed by atoms with Gasteiger partial charge >= 0.3 is 39.5 Å². The minimum atomic E-state index is -4.96. The van der Waals surface area contributed by atoms with E-state index in [9.17, 15) is 43.2 Å². The van der Waals surface area contributed by atoms with Crippen molar-refractivity contribution in [3.8, 4) is 0 Å². The number of aliphatic hydroxyl groups is 1. The number of carbonyl (C=O) groups excluding carboxylic acids is 4. The molecule has 0 aliphatic heterocycles. The maximum Gasteiger partial charge on any atom is 0.472 e. The van der Waals surface area contributed by atoms with Crippen molar-refractivity contribution in [2.24, 2.45) is 11.8 Å². The first-order valence-corrected chi connectivity index (χ1v) is 43.5. The number of rotatable bonds is 77. The second-order valence-electron chi connectivity index (χ2n) is 28.8. The first kappa shape index (κ1) is 95.1. The first-order chi connectivity index (χ1) is 46.9. The van der Waals surface area contributed by atoms with Gasteiger partial charge in [-0.25, -0.2) is 9.13 Å². The topological polar surface area (TPSA) is 237 Å². The van der Waals surface area contributed by atoms with E-state index in [0.29, 0.717) is 31.6 Å². The summed E-state index contributed by atoms with van der Waals surface area (Å²) in [6, 6.07) is 0. The Kier molecular flexibility index (Phi) is 68.4. The highest BCUT2D eigenvalue weighted by atomic mass is 31.2.